The Morgan fingerprint density at radius 3 is 2.34 bits per heavy atom. The molecule has 0 spiro atoms. The Balaban J connectivity index is 0.00000114. The van der Waals surface area contributed by atoms with Crippen LogP contribution in [0.25, 0.3) is 0 Å². The van der Waals surface area contributed by atoms with Gasteiger partial charge < -0.3 is 5.43 Å². The topological polar surface area (TPSA) is 36.4 Å². The van der Waals surface area contributed by atoms with Crippen LogP contribution in [0.15, 0.2) is 74.8 Å². The van der Waals surface area contributed by atoms with Crippen LogP contribution in [0.4, 0.5) is 0 Å². The summed E-state index contributed by atoms with van der Waals surface area (Å²) in [6, 6.07) is 0.161. The lowest BCUT2D eigenvalue weighted by Gasteiger charge is -2.17. The highest BCUT2D eigenvalue weighted by atomic mass is 32.2. The molecule has 0 aromatic carbocycles. The molecule has 5 heteroatoms. The Kier molecular flexibility index (Phi) is 21.6. The van der Waals surface area contributed by atoms with E-state index in [1.807, 2.05) is 18.4 Å². The number of allylic oxidation sites excluding steroid dienone is 6. The highest BCUT2D eigenvalue weighted by Crippen LogP contribution is 2.29. The molecule has 1 fully saturated rings. The Labute approximate surface area is 244 Å². The molecule has 216 valence electrons. The third-order valence-corrected chi connectivity index (χ3v) is 8.52. The predicted molar refractivity (Wildman–Crippen MR) is 180 cm³/mol. The summed E-state index contributed by atoms with van der Waals surface area (Å²) in [5.41, 5.74) is 12.7. The fraction of sp³-hybridized carbons (Fsp3) is 0.606. The van der Waals surface area contributed by atoms with Gasteiger partial charge in [0.25, 0.3) is 0 Å². The molecule has 2 rings (SSSR count). The van der Waals surface area contributed by atoms with Crippen molar-refractivity contribution in [3.8, 4) is 0 Å². The summed E-state index contributed by atoms with van der Waals surface area (Å²) in [6.07, 6.45) is 16.4. The van der Waals surface area contributed by atoms with Crippen LogP contribution in [0, 0.1) is 11.8 Å². The summed E-state index contributed by atoms with van der Waals surface area (Å²) in [5.74, 6) is 4.33. The van der Waals surface area contributed by atoms with Gasteiger partial charge in [0.1, 0.15) is 0 Å². The molecule has 0 bridgehead atoms. The molecular weight excluding hydrogens is 503 g/mol. The number of rotatable bonds is 11. The van der Waals surface area contributed by atoms with E-state index in [4.69, 9.17) is 4.99 Å². The van der Waals surface area contributed by atoms with Gasteiger partial charge in [-0.15, -0.1) is 0 Å². The van der Waals surface area contributed by atoms with Crippen molar-refractivity contribution in [1.29, 1.82) is 0 Å². The van der Waals surface area contributed by atoms with Crippen LogP contribution in [-0.4, -0.2) is 23.3 Å². The minimum Gasteiger partial charge on any atom is -0.325 e. The third kappa shape index (κ3) is 14.6. The van der Waals surface area contributed by atoms with E-state index in [0.29, 0.717) is 5.92 Å². The highest BCUT2D eigenvalue weighted by Gasteiger charge is 2.22. The molecule has 2 aliphatic rings. The lowest BCUT2D eigenvalue weighted by molar-refractivity contribution is 0.578. The maximum Gasteiger partial charge on any atom is 0.0742 e. The van der Waals surface area contributed by atoms with Gasteiger partial charge in [-0.3, -0.25) is 4.99 Å². The summed E-state index contributed by atoms with van der Waals surface area (Å²) < 4.78 is 0. The Hall–Kier alpha value is -1.43. The van der Waals surface area contributed by atoms with Crippen LogP contribution in [0.2, 0.25) is 0 Å². The first-order valence-electron chi connectivity index (χ1n) is 14.5. The lowest BCUT2D eigenvalue weighted by Crippen LogP contribution is -2.33. The molecule has 1 saturated heterocycles. The van der Waals surface area contributed by atoms with Crippen LogP contribution in [0.5, 0.6) is 0 Å². The Morgan fingerprint density at radius 2 is 1.87 bits per heavy atom. The molecular formula is C33H57N3S2. The minimum atomic E-state index is 0.161. The van der Waals surface area contributed by atoms with E-state index < -0.39 is 0 Å². The molecule has 0 saturated carbocycles. The van der Waals surface area contributed by atoms with Crippen molar-refractivity contribution in [3.63, 3.8) is 0 Å². The van der Waals surface area contributed by atoms with Crippen molar-refractivity contribution in [2.45, 2.75) is 107 Å². The summed E-state index contributed by atoms with van der Waals surface area (Å²) in [7, 11) is 0. The second-order valence-electron chi connectivity index (χ2n) is 10.2. The average Bonchev–Trinajstić information content (AvgIpc) is 3.56. The largest absolute Gasteiger partial charge is 0.325 e. The molecule has 0 radical (unpaired) electrons. The van der Waals surface area contributed by atoms with Gasteiger partial charge in [0.05, 0.1) is 11.8 Å². The summed E-state index contributed by atoms with van der Waals surface area (Å²) in [6.45, 7) is 25.4. The van der Waals surface area contributed by atoms with E-state index in [1.54, 1.807) is 11.8 Å². The van der Waals surface area contributed by atoms with Gasteiger partial charge in [0, 0.05) is 16.8 Å². The lowest BCUT2D eigenvalue weighted by atomic mass is 10.0. The van der Waals surface area contributed by atoms with E-state index >= 15 is 0 Å². The Bertz CT molecular complexity index is 851. The zero-order valence-corrected chi connectivity index (χ0v) is 27.7. The second kappa shape index (κ2) is 22.4. The maximum absolute atomic E-state index is 4.83. The number of nitrogens with one attached hydrogen (secondary N) is 2. The van der Waals surface area contributed by atoms with Crippen LogP contribution in [0.1, 0.15) is 101 Å². The predicted octanol–water partition coefficient (Wildman–Crippen LogP) is 10.4. The standard InChI is InChI=1S/C24H37N3S.C6H12S.C3H8/c1-9-12-14-21-20(8)26-27-23(21)19(7)16-28-22(13-10-2)24(18(6)11-3)25-15-17(4)5;1-2-6-3-4-7-5-6;1-3-2/h9,12-16,18,23,26-27H,1,10-11H2,2-8H3;6H,2-5H2,1H3;3H2,1-2H3/b14-12-,19-16+,22-13-,25-24?;;. The van der Waals surface area contributed by atoms with E-state index in [0.717, 1.165) is 24.5 Å². The fourth-order valence-electron chi connectivity index (χ4n) is 3.65. The van der Waals surface area contributed by atoms with Crippen LogP contribution in [0.3, 0.4) is 0 Å². The SMILES string of the molecule is C=C/C=C\C1=C(C)NNC1/C(C)=C/S/C(=C\CC)C(=NC=C(C)C)C(C)CC.CCC.CCC1CCSC1. The number of hydrazine groups is 1. The van der Waals surface area contributed by atoms with Gasteiger partial charge in [-0.1, -0.05) is 103 Å². The molecule has 0 amide bonds. The van der Waals surface area contributed by atoms with Crippen molar-refractivity contribution in [2.75, 3.05) is 11.5 Å². The molecule has 0 aromatic heterocycles. The molecule has 2 N–H and O–H groups in total. The fourth-order valence-corrected chi connectivity index (χ4v) is 6.14. The van der Waals surface area contributed by atoms with Gasteiger partial charge in [0.2, 0.25) is 0 Å². The van der Waals surface area contributed by atoms with E-state index in [1.165, 1.54) is 58.1 Å². The zero-order chi connectivity index (χ0) is 28.9. The van der Waals surface area contributed by atoms with E-state index in [-0.39, 0.29) is 6.04 Å². The smallest absolute Gasteiger partial charge is 0.0742 e. The second-order valence-corrected chi connectivity index (χ2v) is 12.3. The minimum absolute atomic E-state index is 0.161. The molecule has 3 nitrogen and oxygen atoms in total. The number of thioether (sulfide) groups is 2. The number of hydrogen-bond donors (Lipinski definition) is 2. The van der Waals surface area contributed by atoms with Gasteiger partial charge in [-0.25, -0.2) is 5.43 Å². The van der Waals surface area contributed by atoms with Crippen LogP contribution < -0.4 is 10.9 Å². The first-order chi connectivity index (χ1) is 18.2. The Morgan fingerprint density at radius 1 is 1.18 bits per heavy atom. The number of hydrogen-bond acceptors (Lipinski definition) is 5. The zero-order valence-electron chi connectivity index (χ0n) is 26.1. The molecule has 3 unspecified atom stereocenters. The molecule has 38 heavy (non-hydrogen) atoms. The first-order valence-corrected chi connectivity index (χ1v) is 16.6. The summed E-state index contributed by atoms with van der Waals surface area (Å²) in [4.78, 5) is 6.09. The van der Waals surface area contributed by atoms with E-state index in [2.05, 4.69) is 116 Å². The number of aliphatic imine (C=N–C) groups is 1. The van der Waals surface area contributed by atoms with Gasteiger partial charge >= 0.3 is 0 Å². The average molecular weight is 560 g/mol. The molecule has 2 aliphatic heterocycles. The first kappa shape index (κ1) is 36.6. The normalized spacial score (nSPS) is 20.8. The van der Waals surface area contributed by atoms with Crippen molar-refractivity contribution in [3.05, 3.63) is 69.8 Å². The van der Waals surface area contributed by atoms with Crippen LogP contribution in [-0.2, 0) is 0 Å². The highest BCUT2D eigenvalue weighted by molar-refractivity contribution is 8.06. The molecule has 2 heterocycles. The van der Waals surface area contributed by atoms with E-state index in [9.17, 15) is 0 Å². The number of nitrogens with zero attached hydrogens (tertiary/aromatic N) is 1. The molecule has 3 atom stereocenters. The quantitative estimate of drug-likeness (QED) is 0.195. The van der Waals surface area contributed by atoms with Gasteiger partial charge in [-0.2, -0.15) is 11.8 Å². The third-order valence-electron chi connectivity index (χ3n) is 6.17. The van der Waals surface area contributed by atoms with Crippen LogP contribution >= 0.6 is 23.5 Å². The monoisotopic (exact) mass is 559 g/mol. The maximum atomic E-state index is 4.83. The van der Waals surface area contributed by atoms with Crippen molar-refractivity contribution < 1.29 is 0 Å². The van der Waals surface area contributed by atoms with Gasteiger partial charge in [0.15, 0.2) is 0 Å². The van der Waals surface area contributed by atoms with Crippen molar-refractivity contribution >= 4 is 29.2 Å². The summed E-state index contributed by atoms with van der Waals surface area (Å²) >= 11 is 3.88. The molecule has 0 aliphatic carbocycles. The van der Waals surface area contributed by atoms with Gasteiger partial charge in [-0.05, 0) is 86.9 Å². The summed E-state index contributed by atoms with van der Waals surface area (Å²) in [5, 5.41) is 2.25. The molecule has 0 aromatic rings. The van der Waals surface area contributed by atoms with Crippen molar-refractivity contribution in [2.24, 2.45) is 16.8 Å². The van der Waals surface area contributed by atoms with Crippen molar-refractivity contribution in [1.82, 2.24) is 10.9 Å².